The van der Waals surface area contributed by atoms with Crippen molar-refractivity contribution in [2.45, 2.75) is 24.8 Å². The Morgan fingerprint density at radius 2 is 2.23 bits per heavy atom. The Balaban J connectivity index is 2.73. The van der Waals surface area contributed by atoms with E-state index in [1.54, 1.807) is 17.8 Å². The van der Waals surface area contributed by atoms with E-state index in [1.807, 2.05) is 6.07 Å². The Morgan fingerprint density at radius 3 is 2.77 bits per heavy atom. The van der Waals surface area contributed by atoms with E-state index in [0.29, 0.717) is 6.54 Å². The lowest BCUT2D eigenvalue weighted by molar-refractivity contribution is 0.599. The SMILES string of the molecule is CCCSc1ccc(CN)cc1F. The molecule has 0 amide bonds. The van der Waals surface area contributed by atoms with Gasteiger partial charge in [0, 0.05) is 11.4 Å². The van der Waals surface area contributed by atoms with E-state index in [9.17, 15) is 4.39 Å². The first-order valence-corrected chi connectivity index (χ1v) is 5.37. The standard InChI is InChI=1S/C10H14FNS/c1-2-5-13-10-4-3-8(7-12)6-9(10)11/h3-4,6H,2,5,7,12H2,1H3. The molecular formula is C10H14FNS. The van der Waals surface area contributed by atoms with Gasteiger partial charge in [0.25, 0.3) is 0 Å². The van der Waals surface area contributed by atoms with Crippen molar-refractivity contribution in [1.82, 2.24) is 0 Å². The largest absolute Gasteiger partial charge is 0.326 e. The topological polar surface area (TPSA) is 26.0 Å². The molecule has 0 aliphatic rings. The van der Waals surface area contributed by atoms with Crippen molar-refractivity contribution >= 4 is 11.8 Å². The number of hydrogen-bond acceptors (Lipinski definition) is 2. The fraction of sp³-hybridized carbons (Fsp3) is 0.400. The highest BCUT2D eigenvalue weighted by Gasteiger charge is 2.02. The highest BCUT2D eigenvalue weighted by Crippen LogP contribution is 2.22. The molecule has 0 unspecified atom stereocenters. The first-order valence-electron chi connectivity index (χ1n) is 4.39. The van der Waals surface area contributed by atoms with E-state index < -0.39 is 0 Å². The van der Waals surface area contributed by atoms with Crippen LogP contribution in [0.3, 0.4) is 0 Å². The second-order valence-electron chi connectivity index (χ2n) is 2.82. The van der Waals surface area contributed by atoms with E-state index in [1.165, 1.54) is 6.07 Å². The third-order valence-electron chi connectivity index (χ3n) is 1.69. The Labute approximate surface area is 82.5 Å². The Kier molecular flexibility index (Phi) is 4.25. The molecule has 0 saturated carbocycles. The van der Waals surface area contributed by atoms with E-state index in [4.69, 9.17) is 5.73 Å². The van der Waals surface area contributed by atoms with Crippen LogP contribution >= 0.6 is 11.8 Å². The van der Waals surface area contributed by atoms with Crippen LogP contribution in [-0.2, 0) is 6.54 Å². The molecule has 1 rings (SSSR count). The van der Waals surface area contributed by atoms with Crippen LogP contribution in [0.2, 0.25) is 0 Å². The van der Waals surface area contributed by atoms with Crippen molar-refractivity contribution in [3.05, 3.63) is 29.6 Å². The summed E-state index contributed by atoms with van der Waals surface area (Å²) in [4.78, 5) is 0.721. The zero-order valence-electron chi connectivity index (χ0n) is 7.72. The molecule has 3 heteroatoms. The second-order valence-corrected chi connectivity index (χ2v) is 3.95. The summed E-state index contributed by atoms with van der Waals surface area (Å²) in [6, 6.07) is 5.19. The van der Waals surface area contributed by atoms with Gasteiger partial charge in [0.05, 0.1) is 0 Å². The predicted octanol–water partition coefficient (Wildman–Crippen LogP) is 2.79. The maximum Gasteiger partial charge on any atom is 0.137 e. The summed E-state index contributed by atoms with van der Waals surface area (Å²) in [6.45, 7) is 2.48. The summed E-state index contributed by atoms with van der Waals surface area (Å²) >= 11 is 1.55. The summed E-state index contributed by atoms with van der Waals surface area (Å²) in [6.07, 6.45) is 1.06. The van der Waals surface area contributed by atoms with Crippen LogP contribution in [0.1, 0.15) is 18.9 Å². The van der Waals surface area contributed by atoms with Crippen LogP contribution < -0.4 is 5.73 Å². The number of thioether (sulfide) groups is 1. The predicted molar refractivity (Wildman–Crippen MR) is 55.3 cm³/mol. The van der Waals surface area contributed by atoms with Gasteiger partial charge in [-0.05, 0) is 29.9 Å². The molecule has 1 nitrogen and oxygen atoms in total. The molecule has 0 radical (unpaired) electrons. The summed E-state index contributed by atoms with van der Waals surface area (Å²) in [5, 5.41) is 0. The van der Waals surface area contributed by atoms with Crippen molar-refractivity contribution in [3.63, 3.8) is 0 Å². The van der Waals surface area contributed by atoms with Gasteiger partial charge < -0.3 is 5.73 Å². The van der Waals surface area contributed by atoms with Crippen molar-refractivity contribution in [2.75, 3.05) is 5.75 Å². The van der Waals surface area contributed by atoms with Gasteiger partial charge in [-0.25, -0.2) is 4.39 Å². The van der Waals surface area contributed by atoms with Crippen molar-refractivity contribution < 1.29 is 4.39 Å². The number of benzene rings is 1. The van der Waals surface area contributed by atoms with E-state index in [-0.39, 0.29) is 5.82 Å². The van der Waals surface area contributed by atoms with Crippen molar-refractivity contribution in [1.29, 1.82) is 0 Å². The highest BCUT2D eigenvalue weighted by molar-refractivity contribution is 7.99. The Hall–Kier alpha value is -0.540. The third kappa shape index (κ3) is 3.01. The number of nitrogens with two attached hydrogens (primary N) is 1. The first kappa shape index (κ1) is 10.5. The Bertz CT molecular complexity index is 276. The minimum atomic E-state index is -0.151. The van der Waals surface area contributed by atoms with Gasteiger partial charge in [-0.15, -0.1) is 11.8 Å². The summed E-state index contributed by atoms with van der Waals surface area (Å²) < 4.78 is 13.3. The molecule has 0 heterocycles. The highest BCUT2D eigenvalue weighted by atomic mass is 32.2. The van der Waals surface area contributed by atoms with Gasteiger partial charge >= 0.3 is 0 Å². The van der Waals surface area contributed by atoms with Crippen molar-refractivity contribution in [2.24, 2.45) is 5.73 Å². The Morgan fingerprint density at radius 1 is 1.46 bits per heavy atom. The minimum Gasteiger partial charge on any atom is -0.326 e. The van der Waals surface area contributed by atoms with Gasteiger partial charge in [-0.3, -0.25) is 0 Å². The van der Waals surface area contributed by atoms with Gasteiger partial charge in [0.1, 0.15) is 5.82 Å². The fourth-order valence-corrected chi connectivity index (χ4v) is 1.79. The van der Waals surface area contributed by atoms with Crippen LogP contribution in [0.25, 0.3) is 0 Å². The second kappa shape index (κ2) is 5.25. The van der Waals surface area contributed by atoms with Crippen LogP contribution in [0, 0.1) is 5.82 Å². The van der Waals surface area contributed by atoms with Gasteiger partial charge in [-0.1, -0.05) is 13.0 Å². The molecule has 0 aromatic heterocycles. The van der Waals surface area contributed by atoms with Crippen LogP contribution in [-0.4, -0.2) is 5.75 Å². The molecule has 0 bridgehead atoms. The number of rotatable bonds is 4. The molecule has 0 fully saturated rings. The minimum absolute atomic E-state index is 0.151. The molecular weight excluding hydrogens is 185 g/mol. The molecule has 0 aliphatic heterocycles. The molecule has 72 valence electrons. The molecule has 0 saturated heterocycles. The lowest BCUT2D eigenvalue weighted by Crippen LogP contribution is -1.97. The zero-order valence-corrected chi connectivity index (χ0v) is 8.53. The maximum atomic E-state index is 13.3. The normalized spacial score (nSPS) is 10.4. The summed E-state index contributed by atoms with van der Waals surface area (Å²) in [5.41, 5.74) is 6.24. The zero-order chi connectivity index (χ0) is 9.68. The lowest BCUT2D eigenvalue weighted by atomic mass is 10.2. The van der Waals surface area contributed by atoms with Crippen molar-refractivity contribution in [3.8, 4) is 0 Å². The quantitative estimate of drug-likeness (QED) is 0.755. The smallest absolute Gasteiger partial charge is 0.137 e. The molecule has 13 heavy (non-hydrogen) atoms. The van der Waals surface area contributed by atoms with Gasteiger partial charge in [-0.2, -0.15) is 0 Å². The summed E-state index contributed by atoms with van der Waals surface area (Å²) in [7, 11) is 0. The van der Waals surface area contributed by atoms with Gasteiger partial charge in [0.2, 0.25) is 0 Å². The van der Waals surface area contributed by atoms with E-state index >= 15 is 0 Å². The van der Waals surface area contributed by atoms with Crippen LogP contribution in [0.4, 0.5) is 4.39 Å². The van der Waals surface area contributed by atoms with Crippen LogP contribution in [0.5, 0.6) is 0 Å². The van der Waals surface area contributed by atoms with E-state index in [0.717, 1.165) is 22.6 Å². The molecule has 1 aromatic rings. The van der Waals surface area contributed by atoms with Gasteiger partial charge in [0.15, 0.2) is 0 Å². The third-order valence-corrected chi connectivity index (χ3v) is 2.95. The molecule has 1 aromatic carbocycles. The number of hydrogen-bond donors (Lipinski definition) is 1. The fourth-order valence-electron chi connectivity index (χ4n) is 1.00. The molecule has 0 spiro atoms. The average Bonchev–Trinajstić information content (AvgIpc) is 2.16. The maximum absolute atomic E-state index is 13.3. The molecule has 0 atom stereocenters. The average molecular weight is 199 g/mol. The summed E-state index contributed by atoms with van der Waals surface area (Å²) in [5.74, 6) is 0.806. The first-order chi connectivity index (χ1) is 6.27. The van der Waals surface area contributed by atoms with E-state index in [2.05, 4.69) is 6.92 Å². The number of halogens is 1. The molecule has 0 aliphatic carbocycles. The monoisotopic (exact) mass is 199 g/mol. The van der Waals surface area contributed by atoms with Crippen LogP contribution in [0.15, 0.2) is 23.1 Å². The molecule has 2 N–H and O–H groups in total. The lowest BCUT2D eigenvalue weighted by Gasteiger charge is -2.03.